The van der Waals surface area contributed by atoms with Crippen LogP contribution in [0, 0.1) is 0 Å². The highest BCUT2D eigenvalue weighted by Gasteiger charge is 2.24. The Labute approximate surface area is 117 Å². The van der Waals surface area contributed by atoms with Crippen molar-refractivity contribution in [3.05, 3.63) is 36.7 Å². The Morgan fingerprint density at radius 1 is 1.50 bits per heavy atom. The van der Waals surface area contributed by atoms with E-state index in [2.05, 4.69) is 23.8 Å². The standard InChI is InChI=1S/C15H18N4O/c1-3-14(20)19-8-4-5-12(10-19)13-7-6-11-9-16-18(2)15(11)17-13/h3,6-7,9,12H,1,4-5,8,10H2,2H3. The van der Waals surface area contributed by atoms with E-state index >= 15 is 0 Å². The Balaban J connectivity index is 1.88. The normalized spacial score (nSPS) is 19.2. The van der Waals surface area contributed by atoms with Gasteiger partial charge in [-0.2, -0.15) is 5.10 Å². The van der Waals surface area contributed by atoms with Gasteiger partial charge in [0.15, 0.2) is 5.65 Å². The van der Waals surface area contributed by atoms with Crippen LogP contribution in [0.2, 0.25) is 0 Å². The van der Waals surface area contributed by atoms with Crippen molar-refractivity contribution in [3.8, 4) is 0 Å². The van der Waals surface area contributed by atoms with E-state index in [-0.39, 0.29) is 5.91 Å². The first kappa shape index (κ1) is 12.8. The van der Waals surface area contributed by atoms with Gasteiger partial charge in [0.1, 0.15) is 0 Å². The van der Waals surface area contributed by atoms with Gasteiger partial charge in [0.25, 0.3) is 0 Å². The zero-order chi connectivity index (χ0) is 14.1. The second kappa shape index (κ2) is 5.07. The number of hydrogen-bond donors (Lipinski definition) is 0. The molecule has 2 aromatic heterocycles. The fourth-order valence-corrected chi connectivity index (χ4v) is 2.81. The summed E-state index contributed by atoms with van der Waals surface area (Å²) in [5.74, 6) is 0.309. The molecule has 0 N–H and O–H groups in total. The lowest BCUT2D eigenvalue weighted by molar-refractivity contribution is -0.127. The predicted molar refractivity (Wildman–Crippen MR) is 77.3 cm³/mol. The van der Waals surface area contributed by atoms with Crippen LogP contribution in [-0.4, -0.2) is 38.7 Å². The molecule has 1 unspecified atom stereocenters. The van der Waals surface area contributed by atoms with Gasteiger partial charge in [-0.05, 0) is 31.1 Å². The molecule has 1 atom stereocenters. The summed E-state index contributed by atoms with van der Waals surface area (Å²) in [6.07, 6.45) is 5.28. The number of pyridine rings is 1. The average Bonchev–Trinajstić information content (AvgIpc) is 2.87. The molecule has 5 nitrogen and oxygen atoms in total. The van der Waals surface area contributed by atoms with Gasteiger partial charge >= 0.3 is 0 Å². The second-order valence-electron chi connectivity index (χ2n) is 5.24. The molecule has 1 aliphatic rings. The molecule has 0 aromatic carbocycles. The first-order chi connectivity index (χ1) is 9.69. The van der Waals surface area contributed by atoms with Crippen LogP contribution in [0.1, 0.15) is 24.5 Å². The van der Waals surface area contributed by atoms with Crippen molar-refractivity contribution in [2.45, 2.75) is 18.8 Å². The summed E-state index contributed by atoms with van der Waals surface area (Å²) in [5, 5.41) is 5.26. The van der Waals surface area contributed by atoms with E-state index < -0.39 is 0 Å². The van der Waals surface area contributed by atoms with E-state index in [1.165, 1.54) is 6.08 Å². The zero-order valence-corrected chi connectivity index (χ0v) is 11.6. The molecule has 5 heteroatoms. The maximum Gasteiger partial charge on any atom is 0.245 e. The van der Waals surface area contributed by atoms with Crippen LogP contribution in [0.25, 0.3) is 11.0 Å². The van der Waals surface area contributed by atoms with E-state index in [1.54, 1.807) is 4.68 Å². The fourth-order valence-electron chi connectivity index (χ4n) is 2.81. The Morgan fingerprint density at radius 3 is 3.15 bits per heavy atom. The number of rotatable bonds is 2. The number of aromatic nitrogens is 3. The molecule has 0 spiro atoms. The van der Waals surface area contributed by atoms with Crippen LogP contribution in [-0.2, 0) is 11.8 Å². The van der Waals surface area contributed by atoms with Crippen LogP contribution in [0.15, 0.2) is 31.0 Å². The Bertz CT molecular complexity index is 661. The molecule has 3 heterocycles. The molecule has 3 rings (SSSR count). The van der Waals surface area contributed by atoms with Gasteiger partial charge < -0.3 is 4.90 Å². The molecule has 0 saturated carbocycles. The second-order valence-corrected chi connectivity index (χ2v) is 5.24. The molecule has 104 valence electrons. The smallest absolute Gasteiger partial charge is 0.245 e. The molecule has 20 heavy (non-hydrogen) atoms. The minimum Gasteiger partial charge on any atom is -0.339 e. The molecule has 2 aromatic rings. The van der Waals surface area contributed by atoms with Crippen LogP contribution in [0.4, 0.5) is 0 Å². The quantitative estimate of drug-likeness (QED) is 0.783. The van der Waals surface area contributed by atoms with Crippen LogP contribution in [0.5, 0.6) is 0 Å². The molecule has 0 aliphatic carbocycles. The van der Waals surface area contributed by atoms with Gasteiger partial charge in [-0.3, -0.25) is 9.48 Å². The molecule has 1 saturated heterocycles. The highest BCUT2D eigenvalue weighted by Crippen LogP contribution is 2.27. The van der Waals surface area contributed by atoms with E-state index in [0.29, 0.717) is 5.92 Å². The lowest BCUT2D eigenvalue weighted by atomic mass is 9.94. The number of carbonyl (C=O) groups excluding carboxylic acids is 1. The van der Waals surface area contributed by atoms with Gasteiger partial charge in [0, 0.05) is 37.1 Å². The van der Waals surface area contributed by atoms with Gasteiger partial charge in [0.2, 0.25) is 5.91 Å². The maximum absolute atomic E-state index is 11.7. The van der Waals surface area contributed by atoms with Crippen molar-refractivity contribution < 1.29 is 4.79 Å². The first-order valence-corrected chi connectivity index (χ1v) is 6.89. The topological polar surface area (TPSA) is 51.0 Å². The van der Waals surface area contributed by atoms with Crippen molar-refractivity contribution in [2.24, 2.45) is 7.05 Å². The molecule has 1 aliphatic heterocycles. The molecule has 1 fully saturated rings. The number of aryl methyl sites for hydroxylation is 1. The minimum absolute atomic E-state index is 0.0105. The summed E-state index contributed by atoms with van der Waals surface area (Å²) in [5.41, 5.74) is 1.94. The van der Waals surface area contributed by atoms with Crippen LogP contribution in [0.3, 0.4) is 0 Å². The third kappa shape index (κ3) is 2.19. The Kier molecular flexibility index (Phi) is 3.26. The highest BCUT2D eigenvalue weighted by atomic mass is 16.2. The van der Waals surface area contributed by atoms with Crippen molar-refractivity contribution >= 4 is 16.9 Å². The lowest BCUT2D eigenvalue weighted by Crippen LogP contribution is -2.38. The van der Waals surface area contributed by atoms with E-state index in [9.17, 15) is 4.79 Å². The molecule has 1 amide bonds. The van der Waals surface area contributed by atoms with Crippen LogP contribution < -0.4 is 0 Å². The lowest BCUT2D eigenvalue weighted by Gasteiger charge is -2.31. The Morgan fingerprint density at radius 2 is 2.35 bits per heavy atom. The van der Waals surface area contributed by atoms with Crippen molar-refractivity contribution in [1.82, 2.24) is 19.7 Å². The van der Waals surface area contributed by atoms with E-state index in [4.69, 9.17) is 4.98 Å². The third-order valence-corrected chi connectivity index (χ3v) is 3.93. The number of piperidine rings is 1. The molecule has 0 radical (unpaired) electrons. The Hall–Kier alpha value is -2.17. The summed E-state index contributed by atoms with van der Waals surface area (Å²) in [6.45, 7) is 5.10. The van der Waals surface area contributed by atoms with Crippen LogP contribution >= 0.6 is 0 Å². The fraction of sp³-hybridized carbons (Fsp3) is 0.400. The predicted octanol–water partition coefficient (Wildman–Crippen LogP) is 1.86. The number of likely N-dealkylation sites (tertiary alicyclic amines) is 1. The summed E-state index contributed by atoms with van der Waals surface area (Å²) < 4.78 is 1.79. The first-order valence-electron chi connectivity index (χ1n) is 6.89. The number of carbonyl (C=O) groups is 1. The highest BCUT2D eigenvalue weighted by molar-refractivity contribution is 5.87. The molecule has 0 bridgehead atoms. The molecular formula is C15H18N4O. The average molecular weight is 270 g/mol. The number of fused-ring (bicyclic) bond motifs is 1. The summed E-state index contributed by atoms with van der Waals surface area (Å²) in [7, 11) is 1.90. The largest absolute Gasteiger partial charge is 0.339 e. The third-order valence-electron chi connectivity index (χ3n) is 3.93. The van der Waals surface area contributed by atoms with Crippen molar-refractivity contribution in [1.29, 1.82) is 0 Å². The monoisotopic (exact) mass is 270 g/mol. The van der Waals surface area contributed by atoms with Gasteiger partial charge in [0.05, 0.1) is 6.20 Å². The van der Waals surface area contributed by atoms with Gasteiger partial charge in [-0.25, -0.2) is 4.98 Å². The summed E-state index contributed by atoms with van der Waals surface area (Å²) in [6, 6.07) is 4.11. The summed E-state index contributed by atoms with van der Waals surface area (Å²) >= 11 is 0. The summed E-state index contributed by atoms with van der Waals surface area (Å²) in [4.78, 5) is 18.3. The SMILES string of the molecule is C=CC(=O)N1CCCC(c2ccc3cnn(C)c3n2)C1. The molecular weight excluding hydrogens is 252 g/mol. The van der Waals surface area contributed by atoms with Gasteiger partial charge in [-0.1, -0.05) is 6.58 Å². The van der Waals surface area contributed by atoms with Gasteiger partial charge in [-0.15, -0.1) is 0 Å². The number of nitrogens with zero attached hydrogens (tertiary/aromatic N) is 4. The van der Waals surface area contributed by atoms with Crippen molar-refractivity contribution in [2.75, 3.05) is 13.1 Å². The van der Waals surface area contributed by atoms with E-state index in [0.717, 1.165) is 42.7 Å². The maximum atomic E-state index is 11.7. The zero-order valence-electron chi connectivity index (χ0n) is 11.6. The van der Waals surface area contributed by atoms with E-state index in [1.807, 2.05) is 18.1 Å². The number of hydrogen-bond acceptors (Lipinski definition) is 3. The number of amides is 1. The van der Waals surface area contributed by atoms with Crippen molar-refractivity contribution in [3.63, 3.8) is 0 Å². The minimum atomic E-state index is 0.0105.